The Balaban J connectivity index is 1.56. The van der Waals surface area contributed by atoms with E-state index in [0.29, 0.717) is 31.0 Å². The van der Waals surface area contributed by atoms with E-state index in [9.17, 15) is 9.59 Å². The Morgan fingerprint density at radius 3 is 2.79 bits per heavy atom. The van der Waals surface area contributed by atoms with Gasteiger partial charge in [0, 0.05) is 31.1 Å². The number of fused-ring (bicyclic) bond motifs is 1. The zero-order valence-corrected chi connectivity index (χ0v) is 14.2. The molecule has 3 rings (SSSR count). The molecule has 2 heterocycles. The average molecular weight is 328 g/mol. The van der Waals surface area contributed by atoms with Crippen LogP contribution in [0.2, 0.25) is 0 Å². The monoisotopic (exact) mass is 328 g/mol. The number of aromatic nitrogens is 2. The lowest BCUT2D eigenvalue weighted by molar-refractivity contribution is -0.122. The highest BCUT2D eigenvalue weighted by Gasteiger charge is 2.24. The minimum atomic E-state index is 0.0402. The first-order chi connectivity index (χ1) is 11.5. The third-order valence-electron chi connectivity index (χ3n) is 4.41. The zero-order valence-electron chi connectivity index (χ0n) is 14.2. The molecule has 6 nitrogen and oxygen atoms in total. The predicted molar refractivity (Wildman–Crippen MR) is 92.6 cm³/mol. The molecular formula is C18H24N4O2. The summed E-state index contributed by atoms with van der Waals surface area (Å²) >= 11 is 0. The summed E-state index contributed by atoms with van der Waals surface area (Å²) in [5.41, 5.74) is 2.41. The molecule has 24 heavy (non-hydrogen) atoms. The van der Waals surface area contributed by atoms with Crippen LogP contribution in [0.4, 0.5) is 0 Å². The van der Waals surface area contributed by atoms with E-state index in [0.717, 1.165) is 23.9 Å². The van der Waals surface area contributed by atoms with Crippen molar-refractivity contribution >= 4 is 22.8 Å². The van der Waals surface area contributed by atoms with Crippen molar-refractivity contribution in [1.29, 1.82) is 0 Å². The largest absolute Gasteiger partial charge is 0.353 e. The minimum Gasteiger partial charge on any atom is -0.353 e. The molecule has 1 aliphatic rings. The van der Waals surface area contributed by atoms with Gasteiger partial charge in [-0.15, -0.1) is 0 Å². The van der Waals surface area contributed by atoms with Crippen LogP contribution in [0.1, 0.15) is 43.5 Å². The molecule has 1 aromatic heterocycles. The van der Waals surface area contributed by atoms with E-state index in [-0.39, 0.29) is 17.9 Å². The summed E-state index contributed by atoms with van der Waals surface area (Å²) in [5, 5.41) is 3.08. The first-order valence-corrected chi connectivity index (χ1v) is 8.54. The molecule has 1 fully saturated rings. The molecule has 0 radical (unpaired) electrons. The van der Waals surface area contributed by atoms with Crippen LogP contribution in [-0.4, -0.2) is 45.8 Å². The van der Waals surface area contributed by atoms with Crippen LogP contribution in [0.5, 0.6) is 0 Å². The van der Waals surface area contributed by atoms with Gasteiger partial charge in [-0.3, -0.25) is 9.59 Å². The van der Waals surface area contributed by atoms with Crippen LogP contribution in [0.25, 0.3) is 11.0 Å². The fraction of sp³-hybridized carbons (Fsp3) is 0.500. The number of aromatic amines is 1. The number of imidazole rings is 1. The van der Waals surface area contributed by atoms with Gasteiger partial charge < -0.3 is 15.2 Å². The summed E-state index contributed by atoms with van der Waals surface area (Å²) in [5.74, 6) is 0.516. The van der Waals surface area contributed by atoms with E-state index in [4.69, 9.17) is 0 Å². The van der Waals surface area contributed by atoms with E-state index >= 15 is 0 Å². The van der Waals surface area contributed by atoms with Gasteiger partial charge in [0.25, 0.3) is 5.91 Å². The van der Waals surface area contributed by atoms with E-state index in [2.05, 4.69) is 15.3 Å². The minimum absolute atomic E-state index is 0.0402. The Morgan fingerprint density at radius 1 is 1.33 bits per heavy atom. The van der Waals surface area contributed by atoms with Crippen molar-refractivity contribution in [2.45, 2.75) is 39.2 Å². The molecule has 0 spiro atoms. The highest BCUT2D eigenvalue weighted by atomic mass is 16.2. The third kappa shape index (κ3) is 3.75. The van der Waals surface area contributed by atoms with Crippen molar-refractivity contribution in [3.05, 3.63) is 30.1 Å². The summed E-state index contributed by atoms with van der Waals surface area (Å²) < 4.78 is 0. The lowest BCUT2D eigenvalue weighted by Crippen LogP contribution is -2.46. The van der Waals surface area contributed by atoms with E-state index in [1.807, 2.05) is 36.9 Å². The number of nitrogens with one attached hydrogen (secondary N) is 2. The second-order valence-corrected chi connectivity index (χ2v) is 6.87. The van der Waals surface area contributed by atoms with Crippen LogP contribution in [0.15, 0.2) is 24.5 Å². The number of nitrogens with zero attached hydrogens (tertiary/aromatic N) is 2. The van der Waals surface area contributed by atoms with Crippen molar-refractivity contribution in [2.24, 2.45) is 5.92 Å². The summed E-state index contributed by atoms with van der Waals surface area (Å²) in [6.07, 6.45) is 3.80. The second-order valence-electron chi connectivity index (χ2n) is 6.87. The number of piperidine rings is 1. The van der Waals surface area contributed by atoms with Crippen molar-refractivity contribution < 1.29 is 9.59 Å². The topological polar surface area (TPSA) is 78.1 Å². The van der Waals surface area contributed by atoms with Crippen molar-refractivity contribution in [3.63, 3.8) is 0 Å². The summed E-state index contributed by atoms with van der Waals surface area (Å²) in [4.78, 5) is 33.6. The van der Waals surface area contributed by atoms with Crippen molar-refractivity contribution in [3.8, 4) is 0 Å². The van der Waals surface area contributed by atoms with Crippen LogP contribution >= 0.6 is 0 Å². The molecule has 2 N–H and O–H groups in total. The molecule has 0 aliphatic carbocycles. The molecule has 128 valence electrons. The molecule has 0 saturated carbocycles. The maximum Gasteiger partial charge on any atom is 0.253 e. The normalized spacial score (nSPS) is 15.9. The Bertz CT molecular complexity index is 729. The molecule has 1 aromatic carbocycles. The number of hydrogen-bond acceptors (Lipinski definition) is 3. The quantitative estimate of drug-likeness (QED) is 0.904. The third-order valence-corrected chi connectivity index (χ3v) is 4.41. The summed E-state index contributed by atoms with van der Waals surface area (Å²) in [7, 11) is 0. The van der Waals surface area contributed by atoms with Crippen LogP contribution in [0.3, 0.4) is 0 Å². The van der Waals surface area contributed by atoms with Gasteiger partial charge in [0.15, 0.2) is 0 Å². The van der Waals surface area contributed by atoms with Gasteiger partial charge >= 0.3 is 0 Å². The highest BCUT2D eigenvalue weighted by molar-refractivity contribution is 5.97. The molecule has 2 amide bonds. The molecule has 6 heteroatoms. The van der Waals surface area contributed by atoms with Gasteiger partial charge in [-0.1, -0.05) is 13.8 Å². The second kappa shape index (κ2) is 7.03. The zero-order chi connectivity index (χ0) is 17.1. The Labute approximate surface area is 141 Å². The number of H-pyrrole nitrogens is 1. The maximum atomic E-state index is 12.6. The Kier molecular flexibility index (Phi) is 4.83. The maximum absolute atomic E-state index is 12.6. The highest BCUT2D eigenvalue weighted by Crippen LogP contribution is 2.17. The molecule has 0 bridgehead atoms. The fourth-order valence-electron chi connectivity index (χ4n) is 3.14. The van der Waals surface area contributed by atoms with Gasteiger partial charge in [0.05, 0.1) is 17.4 Å². The number of likely N-dealkylation sites (tertiary alicyclic amines) is 1. The summed E-state index contributed by atoms with van der Waals surface area (Å²) in [6.45, 7) is 5.42. The van der Waals surface area contributed by atoms with Gasteiger partial charge in [-0.2, -0.15) is 0 Å². The molecule has 1 aliphatic heterocycles. The van der Waals surface area contributed by atoms with Gasteiger partial charge in [-0.25, -0.2) is 4.98 Å². The smallest absolute Gasteiger partial charge is 0.253 e. The van der Waals surface area contributed by atoms with Gasteiger partial charge in [0.2, 0.25) is 5.91 Å². The Morgan fingerprint density at radius 2 is 2.08 bits per heavy atom. The SMILES string of the molecule is CC(C)CC(=O)NC1CCN(C(=O)c2ccc3nc[nH]c3c2)CC1. The number of benzene rings is 1. The first kappa shape index (κ1) is 16.5. The molecule has 0 atom stereocenters. The number of carbonyl (C=O) groups excluding carboxylic acids is 2. The summed E-state index contributed by atoms with van der Waals surface area (Å²) in [6, 6.07) is 5.71. The fourth-order valence-corrected chi connectivity index (χ4v) is 3.14. The average Bonchev–Trinajstić information content (AvgIpc) is 3.01. The Hall–Kier alpha value is -2.37. The van der Waals surface area contributed by atoms with E-state index in [1.54, 1.807) is 6.33 Å². The first-order valence-electron chi connectivity index (χ1n) is 8.54. The molecule has 1 saturated heterocycles. The van der Waals surface area contributed by atoms with Crippen molar-refractivity contribution in [1.82, 2.24) is 20.2 Å². The van der Waals surface area contributed by atoms with Crippen LogP contribution in [-0.2, 0) is 4.79 Å². The van der Waals surface area contributed by atoms with Crippen molar-refractivity contribution in [2.75, 3.05) is 13.1 Å². The lowest BCUT2D eigenvalue weighted by Gasteiger charge is -2.32. The van der Waals surface area contributed by atoms with Crippen LogP contribution in [0, 0.1) is 5.92 Å². The number of carbonyl (C=O) groups is 2. The van der Waals surface area contributed by atoms with E-state index < -0.39 is 0 Å². The number of rotatable bonds is 4. The predicted octanol–water partition coefficient (Wildman–Crippen LogP) is 2.33. The van der Waals surface area contributed by atoms with Gasteiger partial charge in [-0.05, 0) is 37.0 Å². The number of amides is 2. The molecule has 0 unspecified atom stereocenters. The molecular weight excluding hydrogens is 304 g/mol. The standard InChI is InChI=1S/C18H24N4O2/c1-12(2)9-17(23)21-14-5-7-22(8-6-14)18(24)13-3-4-15-16(10-13)20-11-19-15/h3-4,10-12,14H,5-9H2,1-2H3,(H,19,20)(H,21,23). The number of hydrogen-bond donors (Lipinski definition) is 2. The van der Waals surface area contributed by atoms with Gasteiger partial charge in [0.1, 0.15) is 0 Å². The molecule has 2 aromatic rings. The lowest BCUT2D eigenvalue weighted by atomic mass is 10.0. The van der Waals surface area contributed by atoms with Crippen LogP contribution < -0.4 is 5.32 Å². The van der Waals surface area contributed by atoms with E-state index in [1.165, 1.54) is 0 Å².